The van der Waals surface area contributed by atoms with E-state index in [1.807, 2.05) is 6.20 Å². The summed E-state index contributed by atoms with van der Waals surface area (Å²) in [6.45, 7) is 4.85. The summed E-state index contributed by atoms with van der Waals surface area (Å²) in [4.78, 5) is 9.49. The fraction of sp³-hybridized carbons (Fsp3) is 0.471. The van der Waals surface area contributed by atoms with Crippen molar-refractivity contribution < 1.29 is 4.74 Å². The molecule has 1 aromatic carbocycles. The monoisotopic (exact) mass is 361 g/mol. The van der Waals surface area contributed by atoms with E-state index < -0.39 is 0 Å². The van der Waals surface area contributed by atoms with Crippen LogP contribution in [0.25, 0.3) is 10.9 Å². The van der Waals surface area contributed by atoms with Gasteiger partial charge in [0.1, 0.15) is 0 Å². The third kappa shape index (κ3) is 2.32. The third-order valence-electron chi connectivity index (χ3n) is 5.10. The number of aromatic nitrogens is 1. The molecular weight excluding hydrogens is 342 g/mol. The van der Waals surface area contributed by atoms with E-state index in [0.717, 1.165) is 49.3 Å². The third-order valence-corrected chi connectivity index (χ3v) is 5.60. The highest BCUT2D eigenvalue weighted by molar-refractivity contribution is 9.10. The molecule has 2 aliphatic rings. The van der Waals surface area contributed by atoms with Gasteiger partial charge in [0.2, 0.25) is 0 Å². The number of anilines is 1. The van der Waals surface area contributed by atoms with E-state index in [4.69, 9.17) is 4.74 Å². The highest BCUT2D eigenvalue weighted by Gasteiger charge is 2.43. The Morgan fingerprint density at radius 3 is 3.00 bits per heavy atom. The zero-order chi connectivity index (χ0) is 15.2. The van der Waals surface area contributed by atoms with Crippen molar-refractivity contribution >= 4 is 32.5 Å². The second kappa shape index (κ2) is 5.48. The highest BCUT2D eigenvalue weighted by Crippen LogP contribution is 2.34. The lowest BCUT2D eigenvalue weighted by atomic mass is 9.93. The summed E-state index contributed by atoms with van der Waals surface area (Å²) >= 11 is 3.59. The topological polar surface area (TPSA) is 28.6 Å². The minimum atomic E-state index is 0.167. The molecule has 1 spiro atoms. The summed E-state index contributed by atoms with van der Waals surface area (Å²) in [6, 6.07) is 8.44. The second-order valence-electron chi connectivity index (χ2n) is 6.36. The van der Waals surface area contributed by atoms with Gasteiger partial charge in [-0.1, -0.05) is 15.9 Å². The molecule has 2 aromatic rings. The molecule has 22 heavy (non-hydrogen) atoms. The van der Waals surface area contributed by atoms with Crippen LogP contribution >= 0.6 is 15.9 Å². The number of fused-ring (bicyclic) bond motifs is 1. The fourth-order valence-electron chi connectivity index (χ4n) is 3.67. The maximum absolute atomic E-state index is 5.71. The van der Waals surface area contributed by atoms with Gasteiger partial charge >= 0.3 is 0 Å². The van der Waals surface area contributed by atoms with Crippen LogP contribution in [-0.4, -0.2) is 55.3 Å². The lowest BCUT2D eigenvalue weighted by Crippen LogP contribution is -2.61. The molecule has 1 aromatic heterocycles. The smallest absolute Gasteiger partial charge is 0.0723 e. The van der Waals surface area contributed by atoms with Crippen LogP contribution in [0.1, 0.15) is 6.42 Å². The van der Waals surface area contributed by atoms with E-state index >= 15 is 0 Å². The molecule has 0 aliphatic carbocycles. The Labute approximate surface area is 139 Å². The van der Waals surface area contributed by atoms with Gasteiger partial charge in [0.25, 0.3) is 0 Å². The predicted octanol–water partition coefficient (Wildman–Crippen LogP) is 2.91. The van der Waals surface area contributed by atoms with Gasteiger partial charge in [-0.3, -0.25) is 9.88 Å². The molecule has 1 unspecified atom stereocenters. The van der Waals surface area contributed by atoms with Crippen molar-refractivity contribution in [2.75, 3.05) is 44.8 Å². The fourth-order valence-corrected chi connectivity index (χ4v) is 4.03. The van der Waals surface area contributed by atoms with E-state index in [1.54, 1.807) is 0 Å². The molecule has 0 saturated carbocycles. The van der Waals surface area contributed by atoms with Gasteiger partial charge in [-0.05, 0) is 37.7 Å². The molecule has 0 radical (unpaired) electrons. The lowest BCUT2D eigenvalue weighted by Gasteiger charge is -2.47. The van der Waals surface area contributed by atoms with Crippen molar-refractivity contribution in [2.24, 2.45) is 0 Å². The molecule has 2 aliphatic heterocycles. The van der Waals surface area contributed by atoms with E-state index in [1.165, 1.54) is 11.1 Å². The summed E-state index contributed by atoms with van der Waals surface area (Å²) in [5.41, 5.74) is 2.50. The number of rotatable bonds is 1. The summed E-state index contributed by atoms with van der Waals surface area (Å²) in [6.07, 6.45) is 3.04. The predicted molar refractivity (Wildman–Crippen MR) is 92.5 cm³/mol. The molecule has 116 valence electrons. The maximum Gasteiger partial charge on any atom is 0.0723 e. The molecule has 1 atom stereocenters. The Bertz CT molecular complexity index is 699. The molecule has 2 saturated heterocycles. The van der Waals surface area contributed by atoms with Crippen molar-refractivity contribution in [1.29, 1.82) is 0 Å². The number of likely N-dealkylation sites (N-methyl/N-ethyl adjacent to an activating group) is 1. The summed E-state index contributed by atoms with van der Waals surface area (Å²) in [7, 11) is 2.23. The van der Waals surface area contributed by atoms with Gasteiger partial charge in [0, 0.05) is 48.0 Å². The van der Waals surface area contributed by atoms with Crippen LogP contribution in [0.4, 0.5) is 5.69 Å². The molecule has 0 bridgehead atoms. The minimum Gasteiger partial charge on any atom is -0.379 e. The first-order valence-corrected chi connectivity index (χ1v) is 8.55. The Morgan fingerprint density at radius 2 is 2.18 bits per heavy atom. The molecule has 0 amide bonds. The highest BCUT2D eigenvalue weighted by atomic mass is 79.9. The average molecular weight is 362 g/mol. The Hall–Kier alpha value is -1.17. The van der Waals surface area contributed by atoms with Gasteiger partial charge in [0.15, 0.2) is 0 Å². The SMILES string of the molecule is CN1CCN(c2ccnc3ccc(Br)cc23)CC12CCOC2. The van der Waals surface area contributed by atoms with Crippen LogP contribution in [0, 0.1) is 0 Å². The molecular formula is C17H20BrN3O. The zero-order valence-electron chi connectivity index (χ0n) is 12.8. The number of halogens is 1. The zero-order valence-corrected chi connectivity index (χ0v) is 14.3. The number of piperazine rings is 1. The largest absolute Gasteiger partial charge is 0.379 e. The molecule has 4 nitrogen and oxygen atoms in total. The van der Waals surface area contributed by atoms with Crippen LogP contribution in [0.3, 0.4) is 0 Å². The van der Waals surface area contributed by atoms with Crippen molar-refractivity contribution in [3.05, 3.63) is 34.9 Å². The Balaban J connectivity index is 1.74. The van der Waals surface area contributed by atoms with Crippen molar-refractivity contribution in [3.63, 3.8) is 0 Å². The first-order valence-electron chi connectivity index (χ1n) is 7.76. The quantitative estimate of drug-likeness (QED) is 0.780. The summed E-state index contributed by atoms with van der Waals surface area (Å²) < 4.78 is 6.81. The number of ether oxygens (including phenoxy) is 1. The number of pyridine rings is 1. The van der Waals surface area contributed by atoms with Gasteiger partial charge in [-0.25, -0.2) is 0 Å². The van der Waals surface area contributed by atoms with Crippen LogP contribution < -0.4 is 4.90 Å². The van der Waals surface area contributed by atoms with Crippen LogP contribution in [-0.2, 0) is 4.74 Å². The maximum atomic E-state index is 5.71. The molecule has 3 heterocycles. The molecule has 0 N–H and O–H groups in total. The van der Waals surface area contributed by atoms with Gasteiger partial charge in [-0.15, -0.1) is 0 Å². The van der Waals surface area contributed by atoms with Crippen LogP contribution in [0.2, 0.25) is 0 Å². The lowest BCUT2D eigenvalue weighted by molar-refractivity contribution is 0.0779. The molecule has 2 fully saturated rings. The number of nitrogens with zero attached hydrogens (tertiary/aromatic N) is 3. The van der Waals surface area contributed by atoms with Crippen molar-refractivity contribution in [3.8, 4) is 0 Å². The van der Waals surface area contributed by atoms with Gasteiger partial charge in [0.05, 0.1) is 17.7 Å². The Kier molecular flexibility index (Phi) is 3.59. The van der Waals surface area contributed by atoms with Crippen LogP contribution in [0.15, 0.2) is 34.9 Å². The average Bonchev–Trinajstić information content (AvgIpc) is 2.99. The van der Waals surface area contributed by atoms with Gasteiger partial charge in [-0.2, -0.15) is 0 Å². The van der Waals surface area contributed by atoms with Gasteiger partial charge < -0.3 is 9.64 Å². The number of benzene rings is 1. The van der Waals surface area contributed by atoms with E-state index in [0.29, 0.717) is 0 Å². The summed E-state index contributed by atoms with van der Waals surface area (Å²) in [5.74, 6) is 0. The van der Waals surface area contributed by atoms with Crippen LogP contribution in [0.5, 0.6) is 0 Å². The van der Waals surface area contributed by atoms with E-state index in [-0.39, 0.29) is 5.54 Å². The van der Waals surface area contributed by atoms with Crippen molar-refractivity contribution in [1.82, 2.24) is 9.88 Å². The molecule has 5 heteroatoms. The summed E-state index contributed by atoms with van der Waals surface area (Å²) in [5, 5.41) is 1.22. The number of hydrogen-bond donors (Lipinski definition) is 0. The van der Waals surface area contributed by atoms with Crippen molar-refractivity contribution in [2.45, 2.75) is 12.0 Å². The van der Waals surface area contributed by atoms with E-state index in [9.17, 15) is 0 Å². The minimum absolute atomic E-state index is 0.167. The first-order chi connectivity index (χ1) is 10.7. The van der Waals surface area contributed by atoms with E-state index in [2.05, 4.69) is 62.0 Å². The standard InChI is InChI=1S/C17H20BrN3O/c1-20-7-8-21(11-17(20)5-9-22-12-17)16-4-6-19-15-3-2-13(18)10-14(15)16/h2-4,6,10H,5,7-9,11-12H2,1H3. The second-order valence-corrected chi connectivity index (χ2v) is 7.28. The number of hydrogen-bond acceptors (Lipinski definition) is 4. The molecule has 4 rings (SSSR count). The Morgan fingerprint density at radius 1 is 1.27 bits per heavy atom. The normalized spacial score (nSPS) is 26.2. The first kappa shape index (κ1) is 14.4.